The van der Waals surface area contributed by atoms with Crippen LogP contribution in [0, 0.1) is 6.92 Å². The Labute approximate surface area is 236 Å². The first kappa shape index (κ1) is 30.3. The van der Waals surface area contributed by atoms with Gasteiger partial charge in [0.15, 0.2) is 0 Å². The largest absolute Gasteiger partial charge is 0.352 e. The molecule has 2 amide bonds. The molecule has 1 aliphatic rings. The van der Waals surface area contributed by atoms with E-state index in [0.29, 0.717) is 21.3 Å². The Morgan fingerprint density at radius 1 is 1.05 bits per heavy atom. The molecule has 0 unspecified atom stereocenters. The maximum Gasteiger partial charge on any atom is 0.242 e. The van der Waals surface area contributed by atoms with Crippen LogP contribution in [0.15, 0.2) is 42.5 Å². The summed E-state index contributed by atoms with van der Waals surface area (Å²) in [6.45, 7) is 3.81. The summed E-state index contributed by atoms with van der Waals surface area (Å²) in [5.74, 6) is -0.490. The fourth-order valence-electron chi connectivity index (χ4n) is 4.79. The molecule has 7 nitrogen and oxygen atoms in total. The number of nitrogens with one attached hydrogen (secondary N) is 1. The van der Waals surface area contributed by atoms with Crippen LogP contribution < -0.4 is 9.62 Å². The van der Waals surface area contributed by atoms with Gasteiger partial charge in [0.05, 0.1) is 11.9 Å². The van der Waals surface area contributed by atoms with E-state index in [4.69, 9.17) is 23.2 Å². The fourth-order valence-corrected chi connectivity index (χ4v) is 6.27. The minimum Gasteiger partial charge on any atom is -0.352 e. The molecule has 0 aliphatic heterocycles. The number of hydrogen-bond donors (Lipinski definition) is 1. The Balaban J connectivity index is 1.76. The Morgan fingerprint density at radius 3 is 2.29 bits per heavy atom. The SMILES string of the molecule is Cc1cccc(N(CCCC(=O)N(Cc2c(Cl)cccc2Cl)[C@H](C)C(=O)NC2CCCCC2)S(C)(=O)=O)c1. The molecule has 1 aliphatic carbocycles. The monoisotopic (exact) mass is 581 g/mol. The Hall–Kier alpha value is -2.29. The minimum absolute atomic E-state index is 0.0565. The van der Waals surface area contributed by atoms with Crippen LogP contribution in [0.3, 0.4) is 0 Å². The molecule has 38 heavy (non-hydrogen) atoms. The van der Waals surface area contributed by atoms with Crippen molar-refractivity contribution in [2.45, 2.75) is 77.4 Å². The van der Waals surface area contributed by atoms with Crippen molar-refractivity contribution in [3.8, 4) is 0 Å². The van der Waals surface area contributed by atoms with Gasteiger partial charge in [-0.3, -0.25) is 13.9 Å². The summed E-state index contributed by atoms with van der Waals surface area (Å²) in [6.07, 6.45) is 6.69. The van der Waals surface area contributed by atoms with Crippen molar-refractivity contribution in [2.24, 2.45) is 0 Å². The predicted octanol–water partition coefficient (Wildman–Crippen LogP) is 5.71. The van der Waals surface area contributed by atoms with Gasteiger partial charge >= 0.3 is 0 Å². The van der Waals surface area contributed by atoms with Crippen LogP contribution in [-0.2, 0) is 26.2 Å². The van der Waals surface area contributed by atoms with Crippen molar-refractivity contribution in [1.82, 2.24) is 10.2 Å². The second-order valence-electron chi connectivity index (χ2n) is 10.0. The van der Waals surface area contributed by atoms with Crippen molar-refractivity contribution >= 4 is 50.7 Å². The Morgan fingerprint density at radius 2 is 1.68 bits per heavy atom. The lowest BCUT2D eigenvalue weighted by molar-refractivity contribution is -0.141. The molecule has 0 aromatic heterocycles. The second-order valence-corrected chi connectivity index (χ2v) is 12.7. The van der Waals surface area contributed by atoms with E-state index in [1.807, 2.05) is 13.0 Å². The van der Waals surface area contributed by atoms with E-state index in [1.165, 1.54) is 15.6 Å². The van der Waals surface area contributed by atoms with Crippen molar-refractivity contribution < 1.29 is 18.0 Å². The van der Waals surface area contributed by atoms with E-state index >= 15 is 0 Å². The summed E-state index contributed by atoms with van der Waals surface area (Å²) in [5, 5.41) is 3.93. The lowest BCUT2D eigenvalue weighted by Gasteiger charge is -2.32. The molecule has 0 radical (unpaired) electrons. The summed E-state index contributed by atoms with van der Waals surface area (Å²) in [6, 6.07) is 11.7. The van der Waals surface area contributed by atoms with E-state index in [2.05, 4.69) is 5.32 Å². The number of hydrogen-bond acceptors (Lipinski definition) is 4. The van der Waals surface area contributed by atoms with Gasteiger partial charge in [0.1, 0.15) is 6.04 Å². The number of carbonyl (C=O) groups is 2. The Kier molecular flexibility index (Phi) is 10.9. The topological polar surface area (TPSA) is 86.8 Å². The number of anilines is 1. The van der Waals surface area contributed by atoms with Gasteiger partial charge in [-0.2, -0.15) is 0 Å². The lowest BCUT2D eigenvalue weighted by atomic mass is 9.95. The number of nitrogens with zero attached hydrogens (tertiary/aromatic N) is 2. The van der Waals surface area contributed by atoms with Gasteiger partial charge in [-0.25, -0.2) is 8.42 Å². The molecular formula is C28H37Cl2N3O4S. The van der Waals surface area contributed by atoms with Gasteiger partial charge in [-0.1, -0.05) is 60.7 Å². The smallest absolute Gasteiger partial charge is 0.242 e. The summed E-state index contributed by atoms with van der Waals surface area (Å²) in [7, 11) is -3.55. The van der Waals surface area contributed by atoms with Crippen LogP contribution in [0.5, 0.6) is 0 Å². The van der Waals surface area contributed by atoms with E-state index in [0.717, 1.165) is 37.5 Å². The molecule has 0 saturated heterocycles. The van der Waals surface area contributed by atoms with Crippen LogP contribution in [0.1, 0.15) is 63.0 Å². The highest BCUT2D eigenvalue weighted by atomic mass is 35.5. The molecule has 1 N–H and O–H groups in total. The number of rotatable bonds is 11. The maximum atomic E-state index is 13.5. The zero-order valence-corrected chi connectivity index (χ0v) is 24.6. The molecule has 0 bridgehead atoms. The van der Waals surface area contributed by atoms with Crippen LogP contribution in [-0.4, -0.2) is 50.0 Å². The van der Waals surface area contributed by atoms with E-state index in [9.17, 15) is 18.0 Å². The fraction of sp³-hybridized carbons (Fsp3) is 0.500. The summed E-state index contributed by atoms with van der Waals surface area (Å²) in [4.78, 5) is 28.2. The van der Waals surface area contributed by atoms with E-state index in [-0.39, 0.29) is 43.8 Å². The zero-order chi connectivity index (χ0) is 27.9. The van der Waals surface area contributed by atoms with Crippen LogP contribution >= 0.6 is 23.2 Å². The first-order chi connectivity index (χ1) is 18.0. The van der Waals surface area contributed by atoms with Gasteiger partial charge in [0.25, 0.3) is 0 Å². The molecular weight excluding hydrogens is 545 g/mol. The van der Waals surface area contributed by atoms with Gasteiger partial charge in [-0.05, 0) is 62.9 Å². The summed E-state index contributed by atoms with van der Waals surface area (Å²) in [5.41, 5.74) is 2.06. The number of sulfonamides is 1. The van der Waals surface area contributed by atoms with Crippen molar-refractivity contribution in [1.29, 1.82) is 0 Å². The maximum absolute atomic E-state index is 13.5. The molecule has 2 aromatic carbocycles. The highest BCUT2D eigenvalue weighted by molar-refractivity contribution is 7.92. The lowest BCUT2D eigenvalue weighted by Crippen LogP contribution is -2.50. The molecule has 0 spiro atoms. The highest BCUT2D eigenvalue weighted by Crippen LogP contribution is 2.27. The summed E-state index contributed by atoms with van der Waals surface area (Å²) < 4.78 is 26.3. The number of benzene rings is 2. The predicted molar refractivity (Wildman–Crippen MR) is 154 cm³/mol. The first-order valence-electron chi connectivity index (χ1n) is 13.0. The quantitative estimate of drug-likeness (QED) is 0.368. The number of amides is 2. The molecule has 3 rings (SSSR count). The molecule has 1 fully saturated rings. The third kappa shape index (κ3) is 8.35. The third-order valence-corrected chi connectivity index (χ3v) is 8.85. The van der Waals surface area contributed by atoms with E-state index in [1.54, 1.807) is 43.3 Å². The van der Waals surface area contributed by atoms with Crippen LogP contribution in [0.2, 0.25) is 10.0 Å². The van der Waals surface area contributed by atoms with E-state index < -0.39 is 16.1 Å². The standard InChI is InChI=1S/C28H37Cl2N3O4S/c1-20-10-7-13-23(18-20)33(38(3,36)37)17-9-16-27(34)32(19-24-25(29)14-8-15-26(24)30)21(2)28(35)31-22-11-5-4-6-12-22/h7-8,10,13-15,18,21-22H,4-6,9,11-12,16-17,19H2,1-3H3,(H,31,35)/t21-/m1/s1. The number of halogens is 2. The average molecular weight is 583 g/mol. The third-order valence-electron chi connectivity index (χ3n) is 6.95. The second kappa shape index (κ2) is 13.7. The highest BCUT2D eigenvalue weighted by Gasteiger charge is 2.29. The normalized spacial score (nSPS) is 15.1. The van der Waals surface area contributed by atoms with Crippen molar-refractivity contribution in [2.75, 3.05) is 17.1 Å². The molecule has 1 saturated carbocycles. The molecule has 2 aromatic rings. The molecule has 208 valence electrons. The molecule has 0 heterocycles. The van der Waals surface area contributed by atoms with Crippen LogP contribution in [0.25, 0.3) is 0 Å². The van der Waals surface area contributed by atoms with Gasteiger partial charge in [0, 0.05) is 41.2 Å². The van der Waals surface area contributed by atoms with Gasteiger partial charge in [0.2, 0.25) is 21.8 Å². The minimum atomic E-state index is -3.55. The average Bonchev–Trinajstić information content (AvgIpc) is 2.86. The van der Waals surface area contributed by atoms with Crippen molar-refractivity contribution in [3.63, 3.8) is 0 Å². The van der Waals surface area contributed by atoms with Crippen molar-refractivity contribution in [3.05, 3.63) is 63.6 Å². The Bertz CT molecular complexity index is 1210. The summed E-state index contributed by atoms with van der Waals surface area (Å²) >= 11 is 12.8. The zero-order valence-electron chi connectivity index (χ0n) is 22.3. The van der Waals surface area contributed by atoms with Gasteiger partial charge < -0.3 is 10.2 Å². The van der Waals surface area contributed by atoms with Gasteiger partial charge in [-0.15, -0.1) is 0 Å². The molecule has 10 heteroatoms. The number of carbonyl (C=O) groups excluding carboxylic acids is 2. The number of aryl methyl sites for hydroxylation is 1. The van der Waals surface area contributed by atoms with Crippen LogP contribution in [0.4, 0.5) is 5.69 Å². The first-order valence-corrected chi connectivity index (χ1v) is 15.6. The molecule has 1 atom stereocenters.